The molecule has 2 aromatic rings. The molecule has 1 saturated carbocycles. The molecular weight excluding hydrogens is 380 g/mol. The molecule has 1 aromatic heterocycles. The summed E-state index contributed by atoms with van der Waals surface area (Å²) in [6.45, 7) is 6.69. The van der Waals surface area contributed by atoms with E-state index >= 15 is 0 Å². The summed E-state index contributed by atoms with van der Waals surface area (Å²) >= 11 is 0. The van der Waals surface area contributed by atoms with Crippen molar-refractivity contribution in [3.63, 3.8) is 0 Å². The Morgan fingerprint density at radius 1 is 1.00 bits per heavy atom. The third kappa shape index (κ3) is 4.07. The summed E-state index contributed by atoms with van der Waals surface area (Å²) in [5.74, 6) is 0. The third-order valence-corrected chi connectivity index (χ3v) is 8.49. The molecule has 5 rings (SSSR count). The lowest BCUT2D eigenvalue weighted by Crippen LogP contribution is -2.47. The van der Waals surface area contributed by atoms with E-state index in [2.05, 4.69) is 55.6 Å². The van der Waals surface area contributed by atoms with Gasteiger partial charge in [-0.25, -0.2) is 0 Å². The molecule has 1 N–H and O–H groups in total. The molecule has 0 unspecified atom stereocenters. The predicted octanol–water partition coefficient (Wildman–Crippen LogP) is 6.24. The topological polar surface area (TPSA) is 34.2 Å². The van der Waals surface area contributed by atoms with Crippen LogP contribution in [-0.4, -0.2) is 23.7 Å². The monoisotopic (exact) mass is 418 g/mol. The first kappa shape index (κ1) is 21.2. The van der Waals surface area contributed by atoms with Crippen LogP contribution in [0.4, 0.5) is 0 Å². The molecule has 1 aromatic carbocycles. The van der Waals surface area contributed by atoms with Gasteiger partial charge in [0.25, 0.3) is 0 Å². The van der Waals surface area contributed by atoms with E-state index in [1.807, 2.05) is 12.3 Å². The van der Waals surface area contributed by atoms with Crippen LogP contribution in [0.1, 0.15) is 94.5 Å². The van der Waals surface area contributed by atoms with Gasteiger partial charge in [0.2, 0.25) is 0 Å². The van der Waals surface area contributed by atoms with Gasteiger partial charge in [0, 0.05) is 30.0 Å². The maximum absolute atomic E-state index is 6.42. The third-order valence-electron chi connectivity index (χ3n) is 8.49. The zero-order valence-electron chi connectivity index (χ0n) is 19.3. The predicted molar refractivity (Wildman–Crippen MR) is 126 cm³/mol. The van der Waals surface area contributed by atoms with E-state index < -0.39 is 0 Å². The highest BCUT2D eigenvalue weighted by Crippen LogP contribution is 2.50. The zero-order valence-corrected chi connectivity index (χ0v) is 19.3. The van der Waals surface area contributed by atoms with E-state index in [-0.39, 0.29) is 16.4 Å². The Bertz CT molecular complexity index is 887. The number of ether oxygens (including phenoxy) is 1. The Morgan fingerprint density at radius 2 is 1.81 bits per heavy atom. The molecule has 0 radical (unpaired) electrons. The second-order valence-electron chi connectivity index (χ2n) is 10.9. The average molecular weight is 419 g/mol. The Kier molecular flexibility index (Phi) is 5.68. The lowest BCUT2D eigenvalue weighted by atomic mass is 9.67. The molecule has 31 heavy (non-hydrogen) atoms. The van der Waals surface area contributed by atoms with Crippen LogP contribution in [0.25, 0.3) is 0 Å². The summed E-state index contributed by atoms with van der Waals surface area (Å²) in [4.78, 5) is 4.87. The van der Waals surface area contributed by atoms with E-state index in [9.17, 15) is 0 Å². The van der Waals surface area contributed by atoms with Gasteiger partial charge in [-0.15, -0.1) is 0 Å². The van der Waals surface area contributed by atoms with Crippen molar-refractivity contribution in [1.82, 2.24) is 10.3 Å². The number of nitrogens with zero attached hydrogens (tertiary/aromatic N) is 1. The van der Waals surface area contributed by atoms with Gasteiger partial charge in [-0.2, -0.15) is 0 Å². The Balaban J connectivity index is 1.34. The van der Waals surface area contributed by atoms with Crippen LogP contribution in [0.15, 0.2) is 48.7 Å². The van der Waals surface area contributed by atoms with Crippen LogP contribution < -0.4 is 5.32 Å². The van der Waals surface area contributed by atoms with Crippen molar-refractivity contribution in [3.8, 4) is 0 Å². The molecule has 166 valence electrons. The van der Waals surface area contributed by atoms with Crippen molar-refractivity contribution in [2.24, 2.45) is 0 Å². The molecule has 1 spiro atoms. The average Bonchev–Trinajstić information content (AvgIpc) is 3.23. The molecule has 1 aliphatic heterocycles. The van der Waals surface area contributed by atoms with Crippen LogP contribution in [0.5, 0.6) is 0 Å². The van der Waals surface area contributed by atoms with Crippen LogP contribution in [0.2, 0.25) is 0 Å². The van der Waals surface area contributed by atoms with Gasteiger partial charge in [-0.05, 0) is 80.2 Å². The first-order valence-corrected chi connectivity index (χ1v) is 12.4. The highest BCUT2D eigenvalue weighted by molar-refractivity contribution is 5.38. The number of hydrogen-bond donors (Lipinski definition) is 1. The summed E-state index contributed by atoms with van der Waals surface area (Å²) in [7, 11) is 0. The van der Waals surface area contributed by atoms with Gasteiger partial charge in [0.05, 0.1) is 5.60 Å². The summed E-state index contributed by atoms with van der Waals surface area (Å²) in [5, 5.41) is 3.97. The van der Waals surface area contributed by atoms with Crippen LogP contribution in [0.3, 0.4) is 0 Å². The van der Waals surface area contributed by atoms with Crippen molar-refractivity contribution >= 4 is 0 Å². The normalized spacial score (nSPS) is 29.0. The van der Waals surface area contributed by atoms with Gasteiger partial charge in [0.15, 0.2) is 0 Å². The molecule has 3 heteroatoms. The highest BCUT2D eigenvalue weighted by Gasteiger charge is 2.48. The summed E-state index contributed by atoms with van der Waals surface area (Å²) in [6.07, 6.45) is 12.8. The van der Waals surface area contributed by atoms with Gasteiger partial charge >= 0.3 is 0 Å². The molecule has 2 heterocycles. The summed E-state index contributed by atoms with van der Waals surface area (Å²) < 4.78 is 6.42. The molecular formula is C28H38N2O. The maximum atomic E-state index is 6.42. The number of aromatic nitrogens is 1. The van der Waals surface area contributed by atoms with Crippen LogP contribution in [0, 0.1) is 0 Å². The number of fused-ring (bicyclic) bond motifs is 1. The van der Waals surface area contributed by atoms with Crippen molar-refractivity contribution in [1.29, 1.82) is 0 Å². The first-order valence-electron chi connectivity index (χ1n) is 12.4. The maximum Gasteiger partial charge on any atom is 0.0691 e. The van der Waals surface area contributed by atoms with E-state index in [0.717, 1.165) is 32.4 Å². The van der Waals surface area contributed by atoms with E-state index in [1.54, 1.807) is 0 Å². The minimum atomic E-state index is 0.0945. The van der Waals surface area contributed by atoms with Crippen molar-refractivity contribution in [3.05, 3.63) is 65.5 Å². The molecule has 3 nitrogen and oxygen atoms in total. The molecule has 2 aliphatic carbocycles. The summed E-state index contributed by atoms with van der Waals surface area (Å²) in [6, 6.07) is 16.0. The standard InChI is InChI=1S/C28H38N2O/c1-26(2)15-12-24(22-9-3-4-10-23(22)26)29-19-16-27(25-11-5-8-18-30-25)17-20-31-28(21-27)13-6-7-14-28/h3-5,8-11,18,24,29H,6-7,12-17,19-21H2,1-2H3/t24-,27+/m0/s1. The Hall–Kier alpha value is -1.71. The zero-order chi connectivity index (χ0) is 21.4. The van der Waals surface area contributed by atoms with Gasteiger partial charge in [-0.3, -0.25) is 4.98 Å². The SMILES string of the molecule is CC1(C)CC[C@H](NCC[C@@]2(c3ccccn3)CCOC3(CCCC3)C2)c2ccccc21. The molecule has 2 fully saturated rings. The fourth-order valence-corrected chi connectivity index (χ4v) is 6.71. The molecule has 2 atom stereocenters. The summed E-state index contributed by atoms with van der Waals surface area (Å²) in [5.41, 5.74) is 4.80. The lowest BCUT2D eigenvalue weighted by molar-refractivity contribution is -0.104. The minimum absolute atomic E-state index is 0.0945. The smallest absolute Gasteiger partial charge is 0.0691 e. The van der Waals surface area contributed by atoms with E-state index in [4.69, 9.17) is 9.72 Å². The fourth-order valence-electron chi connectivity index (χ4n) is 6.71. The van der Waals surface area contributed by atoms with Crippen LogP contribution >= 0.6 is 0 Å². The first-order chi connectivity index (χ1) is 15.0. The van der Waals surface area contributed by atoms with Gasteiger partial charge in [-0.1, -0.05) is 57.0 Å². The molecule has 0 amide bonds. The Labute approximate surface area is 188 Å². The van der Waals surface area contributed by atoms with Crippen molar-refractivity contribution in [2.75, 3.05) is 13.2 Å². The van der Waals surface area contributed by atoms with E-state index in [1.165, 1.54) is 55.3 Å². The lowest BCUT2D eigenvalue weighted by Gasteiger charge is -2.47. The van der Waals surface area contributed by atoms with Gasteiger partial charge in [0.1, 0.15) is 0 Å². The second kappa shape index (κ2) is 8.33. The van der Waals surface area contributed by atoms with Crippen LogP contribution in [-0.2, 0) is 15.6 Å². The number of nitrogens with one attached hydrogen (secondary N) is 1. The second-order valence-corrected chi connectivity index (χ2v) is 10.9. The number of pyridine rings is 1. The number of hydrogen-bond acceptors (Lipinski definition) is 3. The molecule has 3 aliphatic rings. The fraction of sp³-hybridized carbons (Fsp3) is 0.607. The highest BCUT2D eigenvalue weighted by atomic mass is 16.5. The molecule has 1 saturated heterocycles. The van der Waals surface area contributed by atoms with E-state index in [0.29, 0.717) is 6.04 Å². The number of rotatable bonds is 5. The quantitative estimate of drug-likeness (QED) is 0.624. The van der Waals surface area contributed by atoms with Gasteiger partial charge < -0.3 is 10.1 Å². The van der Waals surface area contributed by atoms with Crippen molar-refractivity contribution in [2.45, 2.75) is 94.1 Å². The largest absolute Gasteiger partial charge is 0.375 e. The number of benzene rings is 1. The Morgan fingerprint density at radius 3 is 2.61 bits per heavy atom. The van der Waals surface area contributed by atoms with Crippen molar-refractivity contribution < 1.29 is 4.74 Å². The molecule has 0 bridgehead atoms. The minimum Gasteiger partial charge on any atom is -0.375 e.